The molecule has 2 N–H and O–H groups in total. The average molecular weight is 377 g/mol. The third-order valence-electron chi connectivity index (χ3n) is 4.39. The Morgan fingerprint density at radius 2 is 1.86 bits per heavy atom. The summed E-state index contributed by atoms with van der Waals surface area (Å²) in [5.74, 6) is 1.21. The Morgan fingerprint density at radius 3 is 2.50 bits per heavy atom. The Morgan fingerprint density at radius 1 is 1.14 bits per heavy atom. The molecule has 6 nitrogen and oxygen atoms in total. The van der Waals surface area contributed by atoms with Crippen molar-refractivity contribution in [1.82, 2.24) is 15.3 Å². The molecule has 0 saturated carbocycles. The molecule has 0 unspecified atom stereocenters. The van der Waals surface area contributed by atoms with Crippen molar-refractivity contribution in [3.8, 4) is 5.75 Å². The van der Waals surface area contributed by atoms with E-state index in [-0.39, 0.29) is 23.9 Å². The number of aryl methyl sites for hydroxylation is 1. The first-order valence-electron chi connectivity index (χ1n) is 9.07. The smallest absolute Gasteiger partial charge is 0.251 e. The van der Waals surface area contributed by atoms with Crippen LogP contribution in [0, 0.1) is 6.92 Å². The zero-order valence-electron chi connectivity index (χ0n) is 15.9. The summed E-state index contributed by atoms with van der Waals surface area (Å²) < 4.78 is 5.15. The zero-order valence-corrected chi connectivity index (χ0v) is 15.9. The van der Waals surface area contributed by atoms with Crippen molar-refractivity contribution in [2.75, 3.05) is 7.11 Å². The Balaban J connectivity index is 1.76. The van der Waals surface area contributed by atoms with Crippen LogP contribution >= 0.6 is 0 Å². The van der Waals surface area contributed by atoms with Crippen molar-refractivity contribution in [3.63, 3.8) is 0 Å². The van der Waals surface area contributed by atoms with Gasteiger partial charge in [-0.15, -0.1) is 0 Å². The normalized spacial score (nSPS) is 11.6. The lowest BCUT2D eigenvalue weighted by Gasteiger charge is -2.19. The topological polar surface area (TPSA) is 84.1 Å². The van der Waals surface area contributed by atoms with Gasteiger partial charge in [0.15, 0.2) is 0 Å². The number of nitrogens with one attached hydrogen (secondary N) is 2. The molecule has 0 radical (unpaired) electrons. The van der Waals surface area contributed by atoms with Crippen molar-refractivity contribution in [2.24, 2.45) is 0 Å². The molecule has 1 aromatic heterocycles. The first-order chi connectivity index (χ1) is 13.5. The SMILES string of the molecule is COc1ccc(CC(=O)N[C@H](Cc2cc(=O)[nH]c(C)n2)c2ccccc2)cc1. The minimum absolute atomic E-state index is 0.0967. The van der Waals surface area contributed by atoms with Gasteiger partial charge in [-0.05, 0) is 30.2 Å². The number of ether oxygens (including phenoxy) is 1. The molecule has 2 aromatic carbocycles. The molecule has 0 aliphatic rings. The van der Waals surface area contributed by atoms with E-state index in [1.54, 1.807) is 14.0 Å². The molecule has 28 heavy (non-hydrogen) atoms. The Bertz CT molecular complexity index is 982. The number of aromatic amines is 1. The molecule has 0 saturated heterocycles. The monoisotopic (exact) mass is 377 g/mol. The lowest BCUT2D eigenvalue weighted by molar-refractivity contribution is -0.121. The number of benzene rings is 2. The van der Waals surface area contributed by atoms with Crippen LogP contribution in [0.5, 0.6) is 5.75 Å². The third-order valence-corrected chi connectivity index (χ3v) is 4.39. The maximum absolute atomic E-state index is 12.6. The van der Waals surface area contributed by atoms with E-state index >= 15 is 0 Å². The van der Waals surface area contributed by atoms with Crippen molar-refractivity contribution in [1.29, 1.82) is 0 Å². The van der Waals surface area contributed by atoms with Crippen LogP contribution < -0.4 is 15.6 Å². The van der Waals surface area contributed by atoms with E-state index in [2.05, 4.69) is 15.3 Å². The van der Waals surface area contributed by atoms with Gasteiger partial charge in [0.25, 0.3) is 5.56 Å². The number of methoxy groups -OCH3 is 1. The van der Waals surface area contributed by atoms with Gasteiger partial charge < -0.3 is 15.0 Å². The van der Waals surface area contributed by atoms with Crippen LogP contribution in [0.4, 0.5) is 0 Å². The number of nitrogens with zero attached hydrogens (tertiary/aromatic N) is 1. The molecule has 3 rings (SSSR count). The molecule has 3 aromatic rings. The molecule has 6 heteroatoms. The van der Waals surface area contributed by atoms with Crippen molar-refractivity contribution in [3.05, 3.63) is 93.7 Å². The molecule has 0 aliphatic heterocycles. The minimum Gasteiger partial charge on any atom is -0.497 e. The Hall–Kier alpha value is -3.41. The number of H-pyrrole nitrogens is 1. The first-order valence-corrected chi connectivity index (χ1v) is 9.07. The number of carbonyl (C=O) groups excluding carboxylic acids is 1. The number of carbonyl (C=O) groups is 1. The van der Waals surface area contributed by atoms with Crippen LogP contribution in [0.3, 0.4) is 0 Å². The minimum atomic E-state index is -0.277. The highest BCUT2D eigenvalue weighted by Gasteiger charge is 2.17. The maximum atomic E-state index is 12.6. The summed E-state index contributed by atoms with van der Waals surface area (Å²) in [6, 6.07) is 18.3. The Labute approximate surface area is 163 Å². The molecule has 0 spiro atoms. The molecule has 1 amide bonds. The van der Waals surface area contributed by atoms with Crippen LogP contribution in [-0.4, -0.2) is 23.0 Å². The number of hydrogen-bond donors (Lipinski definition) is 2. The fourth-order valence-electron chi connectivity index (χ4n) is 3.07. The first kappa shape index (κ1) is 19.4. The lowest BCUT2D eigenvalue weighted by Crippen LogP contribution is -2.31. The van der Waals surface area contributed by atoms with Crippen molar-refractivity contribution >= 4 is 5.91 Å². The number of rotatable bonds is 7. The van der Waals surface area contributed by atoms with Crippen molar-refractivity contribution < 1.29 is 9.53 Å². The van der Waals surface area contributed by atoms with Crippen LogP contribution in [0.15, 0.2) is 65.5 Å². The van der Waals surface area contributed by atoms with Crippen LogP contribution in [0.1, 0.15) is 28.7 Å². The van der Waals surface area contributed by atoms with Gasteiger partial charge in [0.05, 0.1) is 25.3 Å². The lowest BCUT2D eigenvalue weighted by atomic mass is 10.0. The van der Waals surface area contributed by atoms with E-state index in [1.807, 2.05) is 54.6 Å². The number of aromatic nitrogens is 2. The van der Waals surface area contributed by atoms with Gasteiger partial charge in [0.2, 0.25) is 5.91 Å². The van der Waals surface area contributed by atoms with Gasteiger partial charge in [-0.3, -0.25) is 9.59 Å². The standard InChI is InChI=1S/C22H23N3O3/c1-15-23-18(14-22(27)24-15)13-20(17-6-4-3-5-7-17)25-21(26)12-16-8-10-19(28-2)11-9-16/h3-11,14,20H,12-13H2,1-2H3,(H,25,26)(H,23,24,27)/t20-/m1/s1. The van der Waals surface area contributed by atoms with Crippen LogP contribution in [0.25, 0.3) is 0 Å². The van der Waals surface area contributed by atoms with E-state index in [4.69, 9.17) is 4.74 Å². The molecular formula is C22H23N3O3. The largest absolute Gasteiger partial charge is 0.497 e. The zero-order chi connectivity index (χ0) is 19.9. The summed E-state index contributed by atoms with van der Waals surface area (Å²) in [5, 5.41) is 3.08. The van der Waals surface area contributed by atoms with E-state index < -0.39 is 0 Å². The molecule has 1 heterocycles. The van der Waals surface area contributed by atoms with Gasteiger partial charge in [-0.25, -0.2) is 4.98 Å². The van der Waals surface area contributed by atoms with Crippen LogP contribution in [0.2, 0.25) is 0 Å². The molecular weight excluding hydrogens is 354 g/mol. The van der Waals surface area contributed by atoms with Crippen LogP contribution in [-0.2, 0) is 17.6 Å². The molecule has 144 valence electrons. The highest BCUT2D eigenvalue weighted by atomic mass is 16.5. The summed E-state index contributed by atoms with van der Waals surface area (Å²) in [6.45, 7) is 1.74. The third kappa shape index (κ3) is 5.30. The van der Waals surface area contributed by atoms with E-state index in [0.29, 0.717) is 17.9 Å². The quantitative estimate of drug-likeness (QED) is 0.663. The predicted octanol–water partition coefficient (Wildman–Crippen LogP) is 2.73. The average Bonchev–Trinajstić information content (AvgIpc) is 2.68. The fraction of sp³-hybridized carbons (Fsp3) is 0.227. The van der Waals surface area contributed by atoms with Gasteiger partial charge >= 0.3 is 0 Å². The van der Waals surface area contributed by atoms with Gasteiger partial charge in [0.1, 0.15) is 11.6 Å². The predicted molar refractivity (Wildman–Crippen MR) is 107 cm³/mol. The Kier molecular flexibility index (Phi) is 6.22. The van der Waals surface area contributed by atoms with Gasteiger partial charge in [-0.2, -0.15) is 0 Å². The number of amides is 1. The molecule has 0 aliphatic carbocycles. The summed E-state index contributed by atoms with van der Waals surface area (Å²) in [4.78, 5) is 31.4. The summed E-state index contributed by atoms with van der Waals surface area (Å²) in [7, 11) is 1.61. The summed E-state index contributed by atoms with van der Waals surface area (Å²) in [5.41, 5.74) is 2.30. The fourth-order valence-corrected chi connectivity index (χ4v) is 3.07. The maximum Gasteiger partial charge on any atom is 0.251 e. The molecule has 1 atom stereocenters. The highest BCUT2D eigenvalue weighted by molar-refractivity contribution is 5.79. The highest BCUT2D eigenvalue weighted by Crippen LogP contribution is 2.18. The van der Waals surface area contributed by atoms with Gasteiger partial charge in [-0.1, -0.05) is 42.5 Å². The van der Waals surface area contributed by atoms with Crippen molar-refractivity contribution in [2.45, 2.75) is 25.8 Å². The van der Waals surface area contributed by atoms with Gasteiger partial charge in [0, 0.05) is 12.5 Å². The van der Waals surface area contributed by atoms with E-state index in [0.717, 1.165) is 16.9 Å². The molecule has 0 fully saturated rings. The second-order valence-corrected chi connectivity index (χ2v) is 6.58. The summed E-state index contributed by atoms with van der Waals surface area (Å²) in [6.07, 6.45) is 0.693. The van der Waals surface area contributed by atoms with E-state index in [1.165, 1.54) is 6.07 Å². The molecule has 0 bridgehead atoms. The number of hydrogen-bond acceptors (Lipinski definition) is 4. The second-order valence-electron chi connectivity index (χ2n) is 6.58. The summed E-state index contributed by atoms with van der Waals surface area (Å²) >= 11 is 0. The second kappa shape index (κ2) is 8.99. The van der Waals surface area contributed by atoms with E-state index in [9.17, 15) is 9.59 Å².